The first-order valence-corrected chi connectivity index (χ1v) is 8.59. The van der Waals surface area contributed by atoms with Gasteiger partial charge >= 0.3 is 11.9 Å². The SMILES string of the molecule is COC(=O)c1cn([C@@H]2CCCC[C@H]2OC(=O)[C@H](C)SC)nn1. The van der Waals surface area contributed by atoms with Gasteiger partial charge in [0.15, 0.2) is 5.69 Å². The Bertz CT molecular complexity index is 534. The fraction of sp³-hybridized carbons (Fsp3) is 0.714. The van der Waals surface area contributed by atoms with Gasteiger partial charge in [-0.05, 0) is 32.4 Å². The fourth-order valence-corrected chi connectivity index (χ4v) is 2.74. The molecule has 3 atom stereocenters. The minimum Gasteiger partial charge on any atom is -0.464 e. The number of hydrogen-bond donors (Lipinski definition) is 0. The van der Waals surface area contributed by atoms with Crippen molar-refractivity contribution in [2.24, 2.45) is 0 Å². The molecule has 22 heavy (non-hydrogen) atoms. The summed E-state index contributed by atoms with van der Waals surface area (Å²) in [5.74, 6) is -0.732. The monoisotopic (exact) mass is 327 g/mol. The fourth-order valence-electron chi connectivity index (χ4n) is 2.50. The van der Waals surface area contributed by atoms with Crippen molar-refractivity contribution in [3.05, 3.63) is 11.9 Å². The molecule has 7 nitrogen and oxygen atoms in total. The molecule has 8 heteroatoms. The van der Waals surface area contributed by atoms with Crippen molar-refractivity contribution in [3.8, 4) is 0 Å². The van der Waals surface area contributed by atoms with Crippen LogP contribution >= 0.6 is 11.8 Å². The van der Waals surface area contributed by atoms with Crippen LogP contribution in [0.4, 0.5) is 0 Å². The Hall–Kier alpha value is -1.57. The molecule has 1 saturated carbocycles. The van der Waals surface area contributed by atoms with Gasteiger partial charge in [0.2, 0.25) is 0 Å². The molecule has 0 amide bonds. The molecule has 0 N–H and O–H groups in total. The summed E-state index contributed by atoms with van der Waals surface area (Å²) in [4.78, 5) is 23.5. The lowest BCUT2D eigenvalue weighted by Crippen LogP contribution is -2.34. The molecule has 2 rings (SSSR count). The smallest absolute Gasteiger partial charge is 0.360 e. The molecular formula is C14H21N3O4S. The van der Waals surface area contributed by atoms with Gasteiger partial charge in [-0.3, -0.25) is 4.79 Å². The topological polar surface area (TPSA) is 83.3 Å². The zero-order valence-electron chi connectivity index (χ0n) is 13.0. The molecular weight excluding hydrogens is 306 g/mol. The summed E-state index contributed by atoms with van der Waals surface area (Å²) in [6.45, 7) is 1.83. The average Bonchev–Trinajstić information content (AvgIpc) is 3.03. The molecule has 122 valence electrons. The lowest BCUT2D eigenvalue weighted by Gasteiger charge is -2.31. The maximum absolute atomic E-state index is 12.0. The van der Waals surface area contributed by atoms with Crippen LogP contribution in [-0.2, 0) is 14.3 Å². The van der Waals surface area contributed by atoms with E-state index in [9.17, 15) is 9.59 Å². The maximum atomic E-state index is 12.0. The Kier molecular flexibility index (Phi) is 5.82. The first-order chi connectivity index (χ1) is 10.6. The van der Waals surface area contributed by atoms with E-state index in [-0.39, 0.29) is 29.1 Å². The molecule has 0 aromatic carbocycles. The summed E-state index contributed by atoms with van der Waals surface area (Å²) in [6.07, 6.45) is 6.89. The number of nitrogens with zero attached hydrogens (tertiary/aromatic N) is 3. The number of esters is 2. The van der Waals surface area contributed by atoms with E-state index >= 15 is 0 Å². The minimum atomic E-state index is -0.522. The zero-order chi connectivity index (χ0) is 16.1. The molecule has 1 aromatic rings. The lowest BCUT2D eigenvalue weighted by molar-refractivity contribution is -0.152. The quantitative estimate of drug-likeness (QED) is 0.763. The third-order valence-corrected chi connectivity index (χ3v) is 4.76. The predicted octanol–water partition coefficient (Wildman–Crippen LogP) is 1.84. The molecule has 0 radical (unpaired) electrons. The normalized spacial score (nSPS) is 22.9. The second kappa shape index (κ2) is 7.62. The van der Waals surface area contributed by atoms with Gasteiger partial charge in [0.1, 0.15) is 6.10 Å². The van der Waals surface area contributed by atoms with Crippen LogP contribution in [0.5, 0.6) is 0 Å². The molecule has 0 spiro atoms. The number of hydrogen-bond acceptors (Lipinski definition) is 7. The summed E-state index contributed by atoms with van der Waals surface area (Å²) in [5.41, 5.74) is 0.163. The second-order valence-electron chi connectivity index (χ2n) is 5.28. The average molecular weight is 327 g/mol. The van der Waals surface area contributed by atoms with Crippen molar-refractivity contribution in [1.29, 1.82) is 0 Å². The Morgan fingerprint density at radius 2 is 2.14 bits per heavy atom. The van der Waals surface area contributed by atoms with Gasteiger partial charge in [-0.15, -0.1) is 5.10 Å². The summed E-state index contributed by atoms with van der Waals surface area (Å²) in [5, 5.41) is 7.63. The van der Waals surface area contributed by atoms with E-state index in [0.29, 0.717) is 0 Å². The third kappa shape index (κ3) is 3.79. The van der Waals surface area contributed by atoms with Crippen LogP contribution < -0.4 is 0 Å². The first kappa shape index (κ1) is 16.8. The molecule has 1 aromatic heterocycles. The van der Waals surface area contributed by atoms with Gasteiger partial charge in [-0.25, -0.2) is 9.48 Å². The van der Waals surface area contributed by atoms with Crippen LogP contribution in [0.2, 0.25) is 0 Å². The van der Waals surface area contributed by atoms with E-state index in [1.165, 1.54) is 18.9 Å². The van der Waals surface area contributed by atoms with E-state index in [1.807, 2.05) is 13.2 Å². The van der Waals surface area contributed by atoms with Crippen molar-refractivity contribution in [2.75, 3.05) is 13.4 Å². The molecule has 1 aliphatic rings. The highest BCUT2D eigenvalue weighted by atomic mass is 32.2. The van der Waals surface area contributed by atoms with Crippen LogP contribution in [0.15, 0.2) is 6.20 Å². The van der Waals surface area contributed by atoms with Gasteiger partial charge in [-0.2, -0.15) is 11.8 Å². The Morgan fingerprint density at radius 3 is 2.82 bits per heavy atom. The van der Waals surface area contributed by atoms with Crippen molar-refractivity contribution >= 4 is 23.7 Å². The maximum Gasteiger partial charge on any atom is 0.360 e. The van der Waals surface area contributed by atoms with Crippen LogP contribution in [0.3, 0.4) is 0 Å². The summed E-state index contributed by atoms with van der Waals surface area (Å²) < 4.78 is 11.9. The highest BCUT2D eigenvalue weighted by Gasteiger charge is 2.32. The van der Waals surface area contributed by atoms with E-state index < -0.39 is 5.97 Å². The van der Waals surface area contributed by atoms with Crippen molar-refractivity contribution in [3.63, 3.8) is 0 Å². The molecule has 0 unspecified atom stereocenters. The van der Waals surface area contributed by atoms with Crippen LogP contribution in [0.1, 0.15) is 49.1 Å². The van der Waals surface area contributed by atoms with Crippen LogP contribution in [0.25, 0.3) is 0 Å². The van der Waals surface area contributed by atoms with Gasteiger partial charge in [0.05, 0.1) is 24.6 Å². The number of carbonyl (C=O) groups is 2. The van der Waals surface area contributed by atoms with Crippen molar-refractivity contribution in [2.45, 2.75) is 50.0 Å². The number of aromatic nitrogens is 3. The summed E-state index contributed by atoms with van der Waals surface area (Å²) in [7, 11) is 1.30. The highest BCUT2D eigenvalue weighted by Crippen LogP contribution is 2.31. The Balaban J connectivity index is 2.10. The Morgan fingerprint density at radius 1 is 1.41 bits per heavy atom. The summed E-state index contributed by atoms with van der Waals surface area (Å²) >= 11 is 1.46. The summed E-state index contributed by atoms with van der Waals surface area (Å²) in [6, 6.07) is -0.0855. The van der Waals surface area contributed by atoms with Crippen molar-refractivity contribution < 1.29 is 19.1 Å². The second-order valence-corrected chi connectivity index (χ2v) is 6.46. The van der Waals surface area contributed by atoms with Crippen LogP contribution in [-0.4, -0.2) is 51.7 Å². The minimum absolute atomic E-state index is 0.0855. The van der Waals surface area contributed by atoms with Gasteiger partial charge in [0, 0.05) is 0 Å². The van der Waals surface area contributed by atoms with E-state index in [4.69, 9.17) is 4.74 Å². The van der Waals surface area contributed by atoms with E-state index in [2.05, 4.69) is 15.0 Å². The van der Waals surface area contributed by atoms with Gasteiger partial charge in [-0.1, -0.05) is 11.6 Å². The number of methoxy groups -OCH3 is 1. The predicted molar refractivity (Wildman–Crippen MR) is 81.7 cm³/mol. The van der Waals surface area contributed by atoms with E-state index in [1.54, 1.807) is 10.9 Å². The largest absolute Gasteiger partial charge is 0.464 e. The lowest BCUT2D eigenvalue weighted by atomic mass is 9.92. The zero-order valence-corrected chi connectivity index (χ0v) is 13.8. The van der Waals surface area contributed by atoms with E-state index in [0.717, 1.165) is 25.7 Å². The molecule has 1 aliphatic carbocycles. The molecule has 0 saturated heterocycles. The molecule has 1 fully saturated rings. The van der Waals surface area contributed by atoms with Gasteiger partial charge in [0.25, 0.3) is 0 Å². The number of thioether (sulfide) groups is 1. The third-order valence-electron chi connectivity index (χ3n) is 3.87. The molecule has 1 heterocycles. The number of ether oxygens (including phenoxy) is 2. The van der Waals surface area contributed by atoms with Crippen LogP contribution in [0, 0.1) is 0 Å². The molecule has 0 aliphatic heterocycles. The van der Waals surface area contributed by atoms with Gasteiger partial charge < -0.3 is 9.47 Å². The number of carbonyl (C=O) groups excluding carboxylic acids is 2. The first-order valence-electron chi connectivity index (χ1n) is 7.30. The Labute approximate surface area is 133 Å². The number of rotatable bonds is 5. The highest BCUT2D eigenvalue weighted by molar-refractivity contribution is 7.99. The standard InChI is InChI=1S/C14H21N3O4S/c1-9(22-3)13(18)21-12-7-5-4-6-11(12)17-8-10(15-16-17)14(19)20-2/h8-9,11-12H,4-7H2,1-3H3/t9-,11+,12+/m0/s1. The molecule has 0 bridgehead atoms. The van der Waals surface area contributed by atoms with Crippen molar-refractivity contribution in [1.82, 2.24) is 15.0 Å².